The molecule has 0 saturated heterocycles. The van der Waals surface area contributed by atoms with Gasteiger partial charge in [-0.25, -0.2) is 4.79 Å². The van der Waals surface area contributed by atoms with Crippen molar-refractivity contribution >= 4 is 11.9 Å². The van der Waals surface area contributed by atoms with Gasteiger partial charge in [0, 0.05) is 16.8 Å². The van der Waals surface area contributed by atoms with Crippen LogP contribution in [-0.2, 0) is 16.1 Å². The Morgan fingerprint density at radius 2 is 1.74 bits per heavy atom. The maximum absolute atomic E-state index is 13.1. The van der Waals surface area contributed by atoms with Crippen LogP contribution >= 0.6 is 0 Å². The third kappa shape index (κ3) is 4.85. The highest BCUT2D eigenvalue weighted by Gasteiger charge is 2.31. The van der Waals surface area contributed by atoms with E-state index in [4.69, 9.17) is 4.74 Å². The molecule has 31 heavy (non-hydrogen) atoms. The maximum Gasteiger partial charge on any atom is 0.333 e. The van der Waals surface area contributed by atoms with Crippen molar-refractivity contribution in [3.05, 3.63) is 87.7 Å². The second-order valence-electron chi connectivity index (χ2n) is 7.63. The molecule has 2 aromatic carbocycles. The van der Waals surface area contributed by atoms with Crippen LogP contribution in [0, 0.1) is 27.7 Å². The molecule has 6 heteroatoms. The van der Waals surface area contributed by atoms with Crippen LogP contribution < -0.4 is 5.32 Å². The van der Waals surface area contributed by atoms with Crippen LogP contribution in [0.5, 0.6) is 0 Å². The van der Waals surface area contributed by atoms with Crippen molar-refractivity contribution in [3.63, 3.8) is 0 Å². The maximum atomic E-state index is 13.1. The number of carbonyl (C=O) groups excluding carboxylic acids is 2. The molecule has 1 N–H and O–H groups in total. The van der Waals surface area contributed by atoms with Crippen LogP contribution in [0.3, 0.4) is 0 Å². The number of carbonyl (C=O) groups is 2. The summed E-state index contributed by atoms with van der Waals surface area (Å²) in [6.07, 6.45) is 0. The lowest BCUT2D eigenvalue weighted by atomic mass is 10.0. The number of esters is 1. The lowest BCUT2D eigenvalue weighted by molar-refractivity contribution is -0.145. The lowest BCUT2D eigenvalue weighted by Crippen LogP contribution is -2.36. The topological polar surface area (TPSA) is 73.2 Å². The lowest BCUT2D eigenvalue weighted by Gasteiger charge is -2.19. The molecule has 0 bridgehead atoms. The quantitative estimate of drug-likeness (QED) is 0.583. The summed E-state index contributed by atoms with van der Waals surface area (Å²) in [5, 5.41) is 7.53. The number of ether oxygens (including phenoxy) is 1. The van der Waals surface area contributed by atoms with Gasteiger partial charge in [0.05, 0.1) is 18.8 Å². The minimum atomic E-state index is -0.933. The van der Waals surface area contributed by atoms with Crippen molar-refractivity contribution < 1.29 is 14.3 Å². The number of aromatic nitrogens is 2. The Bertz CT molecular complexity index is 1090. The molecule has 0 radical (unpaired) electrons. The third-order valence-corrected chi connectivity index (χ3v) is 5.55. The number of nitrogens with zero attached hydrogens (tertiary/aromatic N) is 2. The van der Waals surface area contributed by atoms with E-state index in [1.54, 1.807) is 13.0 Å². The van der Waals surface area contributed by atoms with Gasteiger partial charge < -0.3 is 10.1 Å². The van der Waals surface area contributed by atoms with Gasteiger partial charge in [0.15, 0.2) is 6.04 Å². The molecule has 3 rings (SSSR count). The SMILES string of the molecule is CCOC(=O)C(NC(=O)c1cccc(C)c1C)c1c(C)nn(Cc2ccccc2)c1C. The first-order valence-corrected chi connectivity index (χ1v) is 10.4. The molecule has 162 valence electrons. The monoisotopic (exact) mass is 419 g/mol. The van der Waals surface area contributed by atoms with Crippen molar-refractivity contribution in [2.24, 2.45) is 0 Å². The Kier molecular flexibility index (Phi) is 6.90. The van der Waals surface area contributed by atoms with E-state index in [1.807, 2.05) is 74.8 Å². The number of hydrogen-bond acceptors (Lipinski definition) is 4. The van der Waals surface area contributed by atoms with E-state index in [1.165, 1.54) is 0 Å². The summed E-state index contributed by atoms with van der Waals surface area (Å²) in [6, 6.07) is 14.6. The van der Waals surface area contributed by atoms with Crippen molar-refractivity contribution in [1.29, 1.82) is 0 Å². The molecule has 6 nitrogen and oxygen atoms in total. The summed E-state index contributed by atoms with van der Waals surface area (Å²) in [5.41, 5.74) is 5.73. The normalized spacial score (nSPS) is 11.8. The van der Waals surface area contributed by atoms with Crippen LogP contribution in [-0.4, -0.2) is 28.3 Å². The Labute approximate surface area is 183 Å². The predicted octanol–water partition coefficient (Wildman–Crippen LogP) is 4.20. The van der Waals surface area contributed by atoms with Gasteiger partial charge in [-0.05, 0) is 57.4 Å². The highest BCUT2D eigenvalue weighted by atomic mass is 16.5. The first kappa shape index (κ1) is 22.3. The molecule has 0 spiro atoms. The molecule has 1 atom stereocenters. The van der Waals surface area contributed by atoms with Gasteiger partial charge in [0.25, 0.3) is 5.91 Å². The van der Waals surface area contributed by atoms with Gasteiger partial charge in [-0.1, -0.05) is 42.5 Å². The number of nitrogens with one attached hydrogen (secondary N) is 1. The van der Waals surface area contributed by atoms with Crippen LogP contribution in [0.2, 0.25) is 0 Å². The summed E-state index contributed by atoms with van der Waals surface area (Å²) < 4.78 is 7.15. The van der Waals surface area contributed by atoms with Crippen molar-refractivity contribution in [3.8, 4) is 0 Å². The van der Waals surface area contributed by atoms with Crippen molar-refractivity contribution in [2.45, 2.75) is 47.2 Å². The van der Waals surface area contributed by atoms with Gasteiger partial charge in [-0.2, -0.15) is 5.10 Å². The van der Waals surface area contributed by atoms with Crippen LogP contribution in [0.15, 0.2) is 48.5 Å². The summed E-state index contributed by atoms with van der Waals surface area (Å²) in [5.74, 6) is -0.805. The average Bonchev–Trinajstić information content (AvgIpc) is 3.02. The molecule has 1 heterocycles. The number of amides is 1. The predicted molar refractivity (Wildman–Crippen MR) is 120 cm³/mol. The minimum Gasteiger partial charge on any atom is -0.464 e. The third-order valence-electron chi connectivity index (χ3n) is 5.55. The summed E-state index contributed by atoms with van der Waals surface area (Å²) in [4.78, 5) is 25.9. The van der Waals surface area contributed by atoms with E-state index < -0.39 is 12.0 Å². The molecule has 0 fully saturated rings. The van der Waals surface area contributed by atoms with E-state index in [-0.39, 0.29) is 12.5 Å². The number of hydrogen-bond donors (Lipinski definition) is 1. The minimum absolute atomic E-state index is 0.227. The second kappa shape index (κ2) is 9.60. The first-order chi connectivity index (χ1) is 14.8. The Morgan fingerprint density at radius 1 is 1.03 bits per heavy atom. The highest BCUT2D eigenvalue weighted by Crippen LogP contribution is 2.25. The molecule has 0 aliphatic heterocycles. The Balaban J connectivity index is 1.96. The number of rotatable bonds is 7. The van der Waals surface area contributed by atoms with Crippen LogP contribution in [0.25, 0.3) is 0 Å². The zero-order valence-electron chi connectivity index (χ0n) is 18.7. The summed E-state index contributed by atoms with van der Waals surface area (Å²) in [7, 11) is 0. The molecule has 1 unspecified atom stereocenters. The van der Waals surface area contributed by atoms with Gasteiger partial charge in [-0.15, -0.1) is 0 Å². The van der Waals surface area contributed by atoms with Crippen molar-refractivity contribution in [1.82, 2.24) is 15.1 Å². The highest BCUT2D eigenvalue weighted by molar-refractivity contribution is 5.98. The molecule has 0 aliphatic carbocycles. The molecule has 0 aliphatic rings. The Morgan fingerprint density at radius 3 is 2.42 bits per heavy atom. The van der Waals surface area contributed by atoms with Crippen LogP contribution in [0.4, 0.5) is 0 Å². The van der Waals surface area contributed by atoms with Gasteiger partial charge in [0.2, 0.25) is 0 Å². The second-order valence-corrected chi connectivity index (χ2v) is 7.63. The fourth-order valence-corrected chi connectivity index (χ4v) is 3.72. The van der Waals surface area contributed by atoms with Gasteiger partial charge in [-0.3, -0.25) is 9.48 Å². The molecule has 1 aromatic heterocycles. The molecular formula is C25H29N3O3. The average molecular weight is 420 g/mol. The molecular weight excluding hydrogens is 390 g/mol. The summed E-state index contributed by atoms with van der Waals surface area (Å²) >= 11 is 0. The largest absolute Gasteiger partial charge is 0.464 e. The van der Waals surface area contributed by atoms with E-state index >= 15 is 0 Å². The standard InChI is InChI=1S/C25H29N3O3/c1-6-31-25(30)23(26-24(29)21-14-10-11-16(2)17(21)3)22-18(4)27-28(19(22)5)15-20-12-8-7-9-13-20/h7-14,23H,6,15H2,1-5H3,(H,26,29). The fourth-order valence-electron chi connectivity index (χ4n) is 3.72. The first-order valence-electron chi connectivity index (χ1n) is 10.4. The summed E-state index contributed by atoms with van der Waals surface area (Å²) in [6.45, 7) is 10.2. The smallest absolute Gasteiger partial charge is 0.333 e. The van der Waals surface area contributed by atoms with E-state index in [9.17, 15) is 9.59 Å². The zero-order chi connectivity index (χ0) is 22.5. The van der Waals surface area contributed by atoms with E-state index in [2.05, 4.69) is 10.4 Å². The molecule has 3 aromatic rings. The number of aryl methyl sites for hydroxylation is 2. The fraction of sp³-hybridized carbons (Fsp3) is 0.320. The Hall–Kier alpha value is -3.41. The number of benzene rings is 2. The van der Waals surface area contributed by atoms with Gasteiger partial charge >= 0.3 is 5.97 Å². The molecule has 1 amide bonds. The van der Waals surface area contributed by atoms with Gasteiger partial charge in [0.1, 0.15) is 0 Å². The molecule has 0 saturated carbocycles. The zero-order valence-corrected chi connectivity index (χ0v) is 18.7. The van der Waals surface area contributed by atoms with E-state index in [0.29, 0.717) is 23.4 Å². The van der Waals surface area contributed by atoms with Crippen LogP contribution in [0.1, 0.15) is 57.0 Å². The van der Waals surface area contributed by atoms with E-state index in [0.717, 1.165) is 22.4 Å². The van der Waals surface area contributed by atoms with Crippen molar-refractivity contribution in [2.75, 3.05) is 6.61 Å².